The summed E-state index contributed by atoms with van der Waals surface area (Å²) in [6, 6.07) is 0. The second kappa shape index (κ2) is 24.7. The van der Waals surface area contributed by atoms with E-state index in [1.54, 1.807) is 0 Å². The van der Waals surface area contributed by atoms with Crippen LogP contribution in [-0.2, 0) is 0 Å². The number of hydrogen-bond acceptors (Lipinski definition) is 1. The SMILES string of the molecule is CC(C)=CCCCCCCCCCCCCCCCCCCCCCCCN. The normalized spacial score (nSPS) is 11.1. The smallest absolute Gasteiger partial charge is 0.00773 e. The largest absolute Gasteiger partial charge is 0.330 e. The first-order valence-corrected chi connectivity index (χ1v) is 13.1. The Morgan fingerprint density at radius 2 is 0.679 bits per heavy atom. The quantitative estimate of drug-likeness (QED) is 0.136. The summed E-state index contributed by atoms with van der Waals surface area (Å²) in [5.41, 5.74) is 6.99. The average Bonchev–Trinajstić information content (AvgIpc) is 2.68. The van der Waals surface area contributed by atoms with E-state index in [9.17, 15) is 0 Å². The van der Waals surface area contributed by atoms with E-state index >= 15 is 0 Å². The van der Waals surface area contributed by atoms with Gasteiger partial charge >= 0.3 is 0 Å². The first-order valence-electron chi connectivity index (χ1n) is 13.1. The van der Waals surface area contributed by atoms with Crippen molar-refractivity contribution in [3.8, 4) is 0 Å². The molecule has 0 aliphatic rings. The van der Waals surface area contributed by atoms with Crippen LogP contribution in [0.5, 0.6) is 0 Å². The lowest BCUT2D eigenvalue weighted by Crippen LogP contribution is -1.97. The molecule has 168 valence electrons. The Bertz CT molecular complexity index is 303. The van der Waals surface area contributed by atoms with E-state index in [-0.39, 0.29) is 0 Å². The molecule has 0 aliphatic heterocycles. The van der Waals surface area contributed by atoms with Crippen molar-refractivity contribution in [3.05, 3.63) is 11.6 Å². The molecule has 0 bridgehead atoms. The highest BCUT2D eigenvalue weighted by Crippen LogP contribution is 2.15. The standard InChI is InChI=1S/C27H55N/c1-27(2)25-23-21-19-17-15-13-11-9-7-5-3-4-6-8-10-12-14-16-18-20-22-24-26-28/h25H,3-24,26,28H2,1-2H3. The first-order chi connectivity index (χ1) is 13.8. The molecule has 1 heteroatoms. The van der Waals surface area contributed by atoms with Crippen molar-refractivity contribution >= 4 is 0 Å². The zero-order valence-electron chi connectivity index (χ0n) is 19.9. The van der Waals surface area contributed by atoms with Gasteiger partial charge in [0.05, 0.1) is 0 Å². The summed E-state index contributed by atoms with van der Waals surface area (Å²) >= 11 is 0. The molecule has 0 rings (SSSR count). The minimum atomic E-state index is 0.872. The van der Waals surface area contributed by atoms with Crippen LogP contribution in [0.4, 0.5) is 0 Å². The maximum atomic E-state index is 5.52. The molecule has 0 aliphatic carbocycles. The predicted molar refractivity (Wildman–Crippen MR) is 130 cm³/mol. The molecule has 0 atom stereocenters. The Morgan fingerprint density at radius 1 is 0.429 bits per heavy atom. The van der Waals surface area contributed by atoms with E-state index < -0.39 is 0 Å². The lowest BCUT2D eigenvalue weighted by atomic mass is 10.0. The molecular weight excluding hydrogens is 338 g/mol. The lowest BCUT2D eigenvalue weighted by molar-refractivity contribution is 0.520. The van der Waals surface area contributed by atoms with Crippen LogP contribution in [0.3, 0.4) is 0 Å². The second-order valence-corrected chi connectivity index (χ2v) is 9.28. The number of unbranched alkanes of at least 4 members (excludes halogenated alkanes) is 21. The molecule has 0 aromatic heterocycles. The van der Waals surface area contributed by atoms with E-state index in [0.29, 0.717) is 0 Å². The molecule has 0 aromatic carbocycles. The van der Waals surface area contributed by atoms with Gasteiger partial charge in [0.1, 0.15) is 0 Å². The fourth-order valence-corrected chi connectivity index (χ4v) is 4.04. The third-order valence-corrected chi connectivity index (χ3v) is 5.96. The fraction of sp³-hybridized carbons (Fsp3) is 0.926. The molecule has 1 nitrogen and oxygen atoms in total. The van der Waals surface area contributed by atoms with Crippen molar-refractivity contribution < 1.29 is 0 Å². The van der Waals surface area contributed by atoms with Crippen LogP contribution in [0.1, 0.15) is 155 Å². The summed E-state index contributed by atoms with van der Waals surface area (Å²) in [6.07, 6.45) is 33.9. The summed E-state index contributed by atoms with van der Waals surface area (Å²) in [7, 11) is 0. The fourth-order valence-electron chi connectivity index (χ4n) is 4.04. The van der Waals surface area contributed by atoms with Gasteiger partial charge in [-0.25, -0.2) is 0 Å². The van der Waals surface area contributed by atoms with Gasteiger partial charge in [-0.15, -0.1) is 0 Å². The highest BCUT2D eigenvalue weighted by Gasteiger charge is 1.95. The van der Waals surface area contributed by atoms with E-state index in [1.807, 2.05) is 0 Å². The zero-order chi connectivity index (χ0) is 20.5. The summed E-state index contributed by atoms with van der Waals surface area (Å²) < 4.78 is 0. The van der Waals surface area contributed by atoms with Crippen molar-refractivity contribution in [1.29, 1.82) is 0 Å². The van der Waals surface area contributed by atoms with E-state index in [4.69, 9.17) is 5.73 Å². The van der Waals surface area contributed by atoms with Gasteiger partial charge < -0.3 is 5.73 Å². The molecule has 0 spiro atoms. The van der Waals surface area contributed by atoms with Crippen LogP contribution in [0, 0.1) is 0 Å². The van der Waals surface area contributed by atoms with Crippen molar-refractivity contribution in [2.45, 2.75) is 155 Å². The Hall–Kier alpha value is -0.300. The average molecular weight is 394 g/mol. The monoisotopic (exact) mass is 393 g/mol. The topological polar surface area (TPSA) is 26.0 Å². The number of allylic oxidation sites excluding steroid dienone is 2. The van der Waals surface area contributed by atoms with Crippen LogP contribution < -0.4 is 5.73 Å². The number of rotatable bonds is 23. The Balaban J connectivity index is 3.00. The molecular formula is C27H55N. The number of nitrogens with two attached hydrogens (primary N) is 1. The van der Waals surface area contributed by atoms with Gasteiger partial charge in [-0.1, -0.05) is 134 Å². The van der Waals surface area contributed by atoms with Crippen LogP contribution in [0.2, 0.25) is 0 Å². The molecule has 0 aromatic rings. The van der Waals surface area contributed by atoms with E-state index in [2.05, 4.69) is 19.9 Å². The summed E-state index contributed by atoms with van der Waals surface area (Å²) in [5.74, 6) is 0. The summed E-state index contributed by atoms with van der Waals surface area (Å²) in [4.78, 5) is 0. The highest BCUT2D eigenvalue weighted by atomic mass is 14.5. The predicted octanol–water partition coefficient (Wildman–Crippen LogP) is 9.49. The third-order valence-electron chi connectivity index (χ3n) is 5.96. The third kappa shape index (κ3) is 25.7. The van der Waals surface area contributed by atoms with Gasteiger partial charge in [0.25, 0.3) is 0 Å². The molecule has 2 N–H and O–H groups in total. The van der Waals surface area contributed by atoms with Gasteiger partial charge in [0.15, 0.2) is 0 Å². The molecule has 0 saturated heterocycles. The summed E-state index contributed by atoms with van der Waals surface area (Å²) in [6.45, 7) is 5.28. The Morgan fingerprint density at radius 3 is 0.929 bits per heavy atom. The number of hydrogen-bond donors (Lipinski definition) is 1. The van der Waals surface area contributed by atoms with Crippen LogP contribution >= 0.6 is 0 Å². The molecule has 0 heterocycles. The van der Waals surface area contributed by atoms with Gasteiger partial charge in [0.2, 0.25) is 0 Å². The first kappa shape index (κ1) is 27.7. The van der Waals surface area contributed by atoms with Crippen LogP contribution in [0.15, 0.2) is 11.6 Å². The van der Waals surface area contributed by atoms with Crippen LogP contribution in [-0.4, -0.2) is 6.54 Å². The Labute approximate surface area is 179 Å². The second-order valence-electron chi connectivity index (χ2n) is 9.28. The van der Waals surface area contributed by atoms with Gasteiger partial charge in [-0.05, 0) is 39.7 Å². The molecule has 0 amide bonds. The van der Waals surface area contributed by atoms with E-state index in [0.717, 1.165) is 6.54 Å². The Kier molecular flexibility index (Phi) is 24.5. The van der Waals surface area contributed by atoms with Crippen LogP contribution in [0.25, 0.3) is 0 Å². The molecule has 0 fully saturated rings. The summed E-state index contributed by atoms with van der Waals surface area (Å²) in [5, 5.41) is 0. The maximum Gasteiger partial charge on any atom is -0.00773 e. The maximum absolute atomic E-state index is 5.52. The van der Waals surface area contributed by atoms with Crippen molar-refractivity contribution in [3.63, 3.8) is 0 Å². The van der Waals surface area contributed by atoms with Crippen molar-refractivity contribution in [2.24, 2.45) is 5.73 Å². The minimum Gasteiger partial charge on any atom is -0.330 e. The molecule has 0 radical (unpaired) electrons. The molecule has 28 heavy (non-hydrogen) atoms. The molecule has 0 unspecified atom stereocenters. The zero-order valence-corrected chi connectivity index (χ0v) is 19.9. The van der Waals surface area contributed by atoms with E-state index in [1.165, 1.54) is 147 Å². The highest BCUT2D eigenvalue weighted by molar-refractivity contribution is 4.92. The van der Waals surface area contributed by atoms with Crippen molar-refractivity contribution in [2.75, 3.05) is 6.54 Å². The van der Waals surface area contributed by atoms with Gasteiger partial charge in [-0.2, -0.15) is 0 Å². The van der Waals surface area contributed by atoms with Crippen molar-refractivity contribution in [1.82, 2.24) is 0 Å². The van der Waals surface area contributed by atoms with Gasteiger partial charge in [0, 0.05) is 0 Å². The molecule has 0 saturated carbocycles. The van der Waals surface area contributed by atoms with Gasteiger partial charge in [-0.3, -0.25) is 0 Å². The minimum absolute atomic E-state index is 0.872. The lowest BCUT2D eigenvalue weighted by Gasteiger charge is -2.04.